The predicted octanol–water partition coefficient (Wildman–Crippen LogP) is 3.23. The summed E-state index contributed by atoms with van der Waals surface area (Å²) in [5.74, 6) is -5.38. The Kier molecular flexibility index (Phi) is 8.89. The predicted molar refractivity (Wildman–Crippen MR) is 121 cm³/mol. The third-order valence-corrected chi connectivity index (χ3v) is 5.56. The van der Waals surface area contributed by atoms with E-state index in [0.717, 1.165) is 0 Å². The average molecular weight is 465 g/mol. The summed E-state index contributed by atoms with van der Waals surface area (Å²) in [6.45, 7) is 11.2. The molecule has 184 valence electrons. The first-order valence-corrected chi connectivity index (χ1v) is 11.4. The molecule has 0 aliphatic heterocycles. The quantitative estimate of drug-likeness (QED) is 0.422. The Morgan fingerprint density at radius 3 is 2.21 bits per heavy atom. The highest BCUT2D eigenvalue weighted by Crippen LogP contribution is 2.48. The summed E-state index contributed by atoms with van der Waals surface area (Å²) in [5, 5.41) is 21.3. The zero-order valence-electron chi connectivity index (χ0n) is 20.3. The number of aromatic hydroxyl groups is 1. The molecule has 0 unspecified atom stereocenters. The third kappa shape index (κ3) is 6.47. The molecule has 0 aromatic heterocycles. The van der Waals surface area contributed by atoms with E-state index in [1.54, 1.807) is 6.92 Å². The van der Waals surface area contributed by atoms with Gasteiger partial charge in [-0.25, -0.2) is 0 Å². The van der Waals surface area contributed by atoms with E-state index < -0.39 is 41.1 Å². The highest BCUT2D eigenvalue weighted by molar-refractivity contribution is 6.02. The number of carbonyl (C=O) groups excluding carboxylic acids is 3. The van der Waals surface area contributed by atoms with Gasteiger partial charge >= 0.3 is 11.9 Å². The molecular formula is C25H36O8. The molecule has 0 saturated heterocycles. The number of phenolic OH excluding ortho intramolecular Hbond substituents is 1. The molecule has 0 bridgehead atoms. The van der Waals surface area contributed by atoms with Gasteiger partial charge in [-0.3, -0.25) is 14.4 Å². The van der Waals surface area contributed by atoms with E-state index in [1.807, 2.05) is 27.7 Å². The molecule has 1 saturated carbocycles. The van der Waals surface area contributed by atoms with Gasteiger partial charge in [0, 0.05) is 12.3 Å². The Bertz CT molecular complexity index is 858. The molecule has 4 atom stereocenters. The number of ether oxygens (including phenoxy) is 3. The Balaban J connectivity index is 2.60. The summed E-state index contributed by atoms with van der Waals surface area (Å²) in [5.41, 5.74) is -1.35. The van der Waals surface area contributed by atoms with Crippen LogP contribution in [0, 0.1) is 23.7 Å². The van der Waals surface area contributed by atoms with E-state index in [0.29, 0.717) is 5.56 Å². The van der Waals surface area contributed by atoms with E-state index >= 15 is 0 Å². The molecule has 33 heavy (non-hydrogen) atoms. The monoisotopic (exact) mass is 464 g/mol. The van der Waals surface area contributed by atoms with Crippen molar-refractivity contribution in [3.63, 3.8) is 0 Å². The fourth-order valence-electron chi connectivity index (χ4n) is 4.10. The molecule has 1 aliphatic carbocycles. The molecule has 1 aromatic rings. The lowest BCUT2D eigenvalue weighted by atomic mass is 9.61. The number of hydrogen-bond donors (Lipinski definition) is 2. The molecule has 2 N–H and O–H groups in total. The molecular weight excluding hydrogens is 428 g/mol. The van der Waals surface area contributed by atoms with Crippen molar-refractivity contribution in [2.75, 3.05) is 19.8 Å². The maximum absolute atomic E-state index is 13.2. The lowest BCUT2D eigenvalue weighted by Crippen LogP contribution is -2.55. The van der Waals surface area contributed by atoms with Gasteiger partial charge < -0.3 is 24.4 Å². The molecule has 1 aromatic carbocycles. The van der Waals surface area contributed by atoms with Crippen molar-refractivity contribution in [2.24, 2.45) is 23.7 Å². The number of aliphatic hydroxyl groups is 1. The van der Waals surface area contributed by atoms with Crippen LogP contribution in [0.4, 0.5) is 0 Å². The minimum Gasteiger partial charge on any atom is -0.504 e. The second-order valence-corrected chi connectivity index (χ2v) is 9.69. The van der Waals surface area contributed by atoms with Crippen LogP contribution >= 0.6 is 0 Å². The topological polar surface area (TPSA) is 119 Å². The van der Waals surface area contributed by atoms with E-state index in [4.69, 9.17) is 14.2 Å². The fraction of sp³-hybridized carbons (Fsp3) is 0.640. The number of hydrogen-bond acceptors (Lipinski definition) is 8. The van der Waals surface area contributed by atoms with Gasteiger partial charge in [0.2, 0.25) is 0 Å². The highest BCUT2D eigenvalue weighted by atomic mass is 16.5. The number of ketones is 1. The number of benzene rings is 1. The minimum atomic E-state index is -1.74. The van der Waals surface area contributed by atoms with Crippen LogP contribution in [0.15, 0.2) is 18.2 Å². The van der Waals surface area contributed by atoms with Gasteiger partial charge in [0.05, 0.1) is 31.3 Å². The maximum Gasteiger partial charge on any atom is 0.317 e. The Hall–Kier alpha value is -2.61. The first-order valence-electron chi connectivity index (χ1n) is 11.4. The minimum absolute atomic E-state index is 0.0548. The summed E-state index contributed by atoms with van der Waals surface area (Å²) in [6, 6.07) is 4.38. The van der Waals surface area contributed by atoms with Gasteiger partial charge in [-0.05, 0) is 43.4 Å². The second-order valence-electron chi connectivity index (χ2n) is 9.69. The van der Waals surface area contributed by atoms with Crippen LogP contribution in [0.3, 0.4) is 0 Å². The molecule has 0 heterocycles. The van der Waals surface area contributed by atoms with Crippen molar-refractivity contribution in [1.82, 2.24) is 0 Å². The second kappa shape index (κ2) is 11.0. The van der Waals surface area contributed by atoms with Crippen molar-refractivity contribution >= 4 is 17.7 Å². The smallest absolute Gasteiger partial charge is 0.317 e. The van der Waals surface area contributed by atoms with Crippen molar-refractivity contribution in [2.45, 2.75) is 59.5 Å². The normalized spacial score (nSPS) is 25.2. The molecule has 1 fully saturated rings. The van der Waals surface area contributed by atoms with Crippen molar-refractivity contribution in [1.29, 1.82) is 0 Å². The first kappa shape index (κ1) is 26.6. The van der Waals surface area contributed by atoms with Gasteiger partial charge in [-0.1, -0.05) is 33.8 Å². The molecule has 0 radical (unpaired) electrons. The molecule has 8 nitrogen and oxygen atoms in total. The lowest BCUT2D eigenvalue weighted by Gasteiger charge is -2.43. The average Bonchev–Trinajstić information content (AvgIpc) is 2.70. The molecule has 2 rings (SSSR count). The zero-order chi connectivity index (χ0) is 24.9. The largest absolute Gasteiger partial charge is 0.504 e. The van der Waals surface area contributed by atoms with Crippen LogP contribution in [-0.4, -0.2) is 53.4 Å². The van der Waals surface area contributed by atoms with Crippen LogP contribution in [0.1, 0.15) is 59.4 Å². The van der Waals surface area contributed by atoms with E-state index in [2.05, 4.69) is 0 Å². The van der Waals surface area contributed by atoms with Crippen LogP contribution < -0.4 is 4.74 Å². The zero-order valence-corrected chi connectivity index (χ0v) is 20.3. The molecule has 8 heteroatoms. The summed E-state index contributed by atoms with van der Waals surface area (Å²) in [4.78, 5) is 39.4. The van der Waals surface area contributed by atoms with E-state index in [9.17, 15) is 24.6 Å². The van der Waals surface area contributed by atoms with E-state index in [-0.39, 0.29) is 49.6 Å². The number of rotatable bonds is 9. The van der Waals surface area contributed by atoms with Crippen LogP contribution in [0.25, 0.3) is 0 Å². The van der Waals surface area contributed by atoms with Crippen molar-refractivity contribution in [3.8, 4) is 11.5 Å². The van der Waals surface area contributed by atoms with Gasteiger partial charge in [0.25, 0.3) is 0 Å². The molecule has 1 aliphatic rings. The van der Waals surface area contributed by atoms with Crippen LogP contribution in [-0.2, 0) is 23.9 Å². The highest BCUT2D eigenvalue weighted by Gasteiger charge is 2.57. The molecule has 0 amide bonds. The lowest BCUT2D eigenvalue weighted by molar-refractivity contribution is -0.174. The van der Waals surface area contributed by atoms with Crippen LogP contribution in [0.5, 0.6) is 11.5 Å². The summed E-state index contributed by atoms with van der Waals surface area (Å²) < 4.78 is 16.3. The third-order valence-electron chi connectivity index (χ3n) is 5.56. The Morgan fingerprint density at radius 2 is 1.67 bits per heavy atom. The molecule has 0 spiro atoms. The van der Waals surface area contributed by atoms with Gasteiger partial charge in [-0.2, -0.15) is 0 Å². The number of phenols is 1. The summed E-state index contributed by atoms with van der Waals surface area (Å²) in [7, 11) is 0. The fourth-order valence-corrected chi connectivity index (χ4v) is 4.10. The van der Waals surface area contributed by atoms with Gasteiger partial charge in [-0.15, -0.1) is 0 Å². The first-order chi connectivity index (χ1) is 15.4. The SMILES string of the molecule is CCOc1cc([C@@H]2[C@@H](C(=O)OCC(C)C)C(=O)C[C@@](C)(O)[C@@H]2C(=O)OCC(C)C)ccc1O. The Morgan fingerprint density at radius 1 is 1.09 bits per heavy atom. The maximum atomic E-state index is 13.2. The summed E-state index contributed by atoms with van der Waals surface area (Å²) >= 11 is 0. The number of esters is 2. The van der Waals surface area contributed by atoms with Gasteiger partial charge in [0.15, 0.2) is 17.3 Å². The number of carbonyl (C=O) groups is 3. The summed E-state index contributed by atoms with van der Waals surface area (Å²) in [6.07, 6.45) is -0.386. The van der Waals surface area contributed by atoms with Crippen LogP contribution in [0.2, 0.25) is 0 Å². The van der Waals surface area contributed by atoms with Crippen molar-refractivity contribution < 1.29 is 38.8 Å². The number of Topliss-reactive ketones (excluding diaryl/α,β-unsaturated/α-hetero) is 1. The Labute approximate surface area is 195 Å². The van der Waals surface area contributed by atoms with Crippen molar-refractivity contribution in [3.05, 3.63) is 23.8 Å². The van der Waals surface area contributed by atoms with E-state index in [1.165, 1.54) is 25.1 Å². The standard InChI is InChI=1S/C25H36O8/c1-7-31-19-10-16(8-9-17(19)26)20-21(23(28)32-12-14(2)3)18(27)11-25(6,30)22(20)24(29)33-13-15(4)5/h8-10,14-15,20-22,26,30H,7,11-13H2,1-6H3/t20-,21+,22+,25-/m1/s1. The van der Waals surface area contributed by atoms with Gasteiger partial charge in [0.1, 0.15) is 5.92 Å².